The lowest BCUT2D eigenvalue weighted by atomic mass is 10.5. The van der Waals surface area contributed by atoms with Crippen molar-refractivity contribution in [3.8, 4) is 0 Å². The first kappa shape index (κ1) is 13.6. The van der Waals surface area contributed by atoms with Gasteiger partial charge in [0.1, 0.15) is 0 Å². The number of halogens is 1. The van der Waals surface area contributed by atoms with Gasteiger partial charge in [-0.25, -0.2) is 4.79 Å². The van der Waals surface area contributed by atoms with E-state index in [1.165, 1.54) is 0 Å². The van der Waals surface area contributed by atoms with Gasteiger partial charge < -0.3 is 9.47 Å². The SMILES string of the molecule is CCOC(Cn1cc(F)c(=O)[nH]c1=O)OCC. The second-order valence-electron chi connectivity index (χ2n) is 3.23. The van der Waals surface area contributed by atoms with E-state index in [0.29, 0.717) is 13.2 Å². The first-order chi connectivity index (χ1) is 8.08. The van der Waals surface area contributed by atoms with Crippen LogP contribution in [-0.2, 0) is 16.0 Å². The third-order valence-electron chi connectivity index (χ3n) is 2.02. The van der Waals surface area contributed by atoms with Gasteiger partial charge in [0.2, 0.25) is 5.82 Å². The van der Waals surface area contributed by atoms with Crippen LogP contribution in [0.5, 0.6) is 0 Å². The summed E-state index contributed by atoms with van der Waals surface area (Å²) in [7, 11) is 0. The van der Waals surface area contributed by atoms with Gasteiger partial charge in [-0.15, -0.1) is 0 Å². The number of aromatic amines is 1. The van der Waals surface area contributed by atoms with E-state index in [4.69, 9.17) is 9.47 Å². The molecule has 0 aliphatic carbocycles. The average Bonchev–Trinajstić information content (AvgIpc) is 2.26. The van der Waals surface area contributed by atoms with Gasteiger partial charge in [-0.3, -0.25) is 14.3 Å². The lowest BCUT2D eigenvalue weighted by molar-refractivity contribution is -0.144. The number of H-pyrrole nitrogens is 1. The molecule has 1 aromatic rings. The fourth-order valence-electron chi connectivity index (χ4n) is 1.30. The van der Waals surface area contributed by atoms with Crippen molar-refractivity contribution in [1.29, 1.82) is 0 Å². The summed E-state index contributed by atoms with van der Waals surface area (Å²) in [5.41, 5.74) is -1.73. The Morgan fingerprint density at radius 1 is 1.35 bits per heavy atom. The summed E-state index contributed by atoms with van der Waals surface area (Å²) in [5, 5.41) is 0. The highest BCUT2D eigenvalue weighted by atomic mass is 19.1. The van der Waals surface area contributed by atoms with Crippen LogP contribution in [-0.4, -0.2) is 29.1 Å². The van der Waals surface area contributed by atoms with Crippen molar-refractivity contribution in [2.45, 2.75) is 26.7 Å². The average molecular weight is 246 g/mol. The zero-order chi connectivity index (χ0) is 12.8. The molecule has 0 radical (unpaired) electrons. The highest BCUT2D eigenvalue weighted by Crippen LogP contribution is 1.98. The number of rotatable bonds is 6. The van der Waals surface area contributed by atoms with Crippen LogP contribution in [0, 0.1) is 5.82 Å². The summed E-state index contributed by atoms with van der Waals surface area (Å²) in [6, 6.07) is 0. The van der Waals surface area contributed by atoms with Crippen molar-refractivity contribution in [2.24, 2.45) is 0 Å². The predicted octanol–water partition coefficient (Wildman–Crippen LogP) is 0.0748. The van der Waals surface area contributed by atoms with E-state index in [1.807, 2.05) is 4.98 Å². The zero-order valence-electron chi connectivity index (χ0n) is 9.73. The molecule has 96 valence electrons. The molecule has 1 heterocycles. The summed E-state index contributed by atoms with van der Waals surface area (Å²) < 4.78 is 24.4. The molecule has 0 bridgehead atoms. The van der Waals surface area contributed by atoms with Crippen molar-refractivity contribution < 1.29 is 13.9 Å². The van der Waals surface area contributed by atoms with Crippen molar-refractivity contribution in [1.82, 2.24) is 9.55 Å². The lowest BCUT2D eigenvalue weighted by Gasteiger charge is -2.17. The van der Waals surface area contributed by atoms with Crippen LogP contribution in [0.4, 0.5) is 4.39 Å². The number of hydrogen-bond acceptors (Lipinski definition) is 4. The van der Waals surface area contributed by atoms with Crippen LogP contribution in [0.1, 0.15) is 13.8 Å². The van der Waals surface area contributed by atoms with Gasteiger partial charge in [-0.1, -0.05) is 0 Å². The van der Waals surface area contributed by atoms with Crippen LogP contribution < -0.4 is 11.2 Å². The largest absolute Gasteiger partial charge is 0.351 e. The van der Waals surface area contributed by atoms with Gasteiger partial charge in [0.05, 0.1) is 12.7 Å². The molecule has 17 heavy (non-hydrogen) atoms. The van der Waals surface area contributed by atoms with Gasteiger partial charge in [0.25, 0.3) is 5.56 Å². The molecule has 0 saturated carbocycles. The Morgan fingerprint density at radius 2 is 1.94 bits per heavy atom. The fraction of sp³-hybridized carbons (Fsp3) is 0.600. The molecule has 0 saturated heterocycles. The minimum absolute atomic E-state index is 0.0220. The number of nitrogens with one attached hydrogen (secondary N) is 1. The molecule has 0 fully saturated rings. The molecule has 6 nitrogen and oxygen atoms in total. The molecular weight excluding hydrogens is 231 g/mol. The van der Waals surface area contributed by atoms with Crippen LogP contribution in [0.2, 0.25) is 0 Å². The highest BCUT2D eigenvalue weighted by Gasteiger charge is 2.11. The van der Waals surface area contributed by atoms with Crippen LogP contribution in [0.15, 0.2) is 15.8 Å². The Balaban J connectivity index is 2.89. The lowest BCUT2D eigenvalue weighted by Crippen LogP contribution is -2.35. The van der Waals surface area contributed by atoms with Crippen LogP contribution in [0.25, 0.3) is 0 Å². The standard InChI is InChI=1S/C10H15FN2O4/c1-3-16-8(17-4-2)6-13-5-7(11)9(14)12-10(13)15/h5,8H,3-4,6H2,1-2H3,(H,12,14,15). The minimum Gasteiger partial charge on any atom is -0.351 e. The normalized spacial score (nSPS) is 11.1. The topological polar surface area (TPSA) is 73.3 Å². The van der Waals surface area contributed by atoms with Crippen molar-refractivity contribution >= 4 is 0 Å². The molecular formula is C10H15FN2O4. The summed E-state index contributed by atoms with van der Waals surface area (Å²) in [4.78, 5) is 24.1. The van der Waals surface area contributed by atoms with E-state index < -0.39 is 23.4 Å². The molecule has 0 aromatic carbocycles. The number of nitrogens with zero attached hydrogens (tertiary/aromatic N) is 1. The van der Waals surface area contributed by atoms with Crippen molar-refractivity contribution in [3.05, 3.63) is 32.9 Å². The van der Waals surface area contributed by atoms with Crippen LogP contribution in [0.3, 0.4) is 0 Å². The Bertz CT molecular complexity index is 462. The van der Waals surface area contributed by atoms with Gasteiger partial charge in [-0.2, -0.15) is 4.39 Å². The fourth-order valence-corrected chi connectivity index (χ4v) is 1.30. The zero-order valence-corrected chi connectivity index (χ0v) is 9.73. The summed E-state index contributed by atoms with van der Waals surface area (Å²) in [5.74, 6) is -1.02. The molecule has 0 aliphatic rings. The maximum absolute atomic E-state index is 13.0. The highest BCUT2D eigenvalue weighted by molar-refractivity contribution is 4.87. The van der Waals surface area contributed by atoms with Gasteiger partial charge in [0.15, 0.2) is 6.29 Å². The Kier molecular flexibility index (Phi) is 5.05. The molecule has 0 aliphatic heterocycles. The summed E-state index contributed by atoms with van der Waals surface area (Å²) in [6.07, 6.45) is 0.194. The molecule has 1 aromatic heterocycles. The molecule has 0 spiro atoms. The first-order valence-electron chi connectivity index (χ1n) is 5.31. The van der Waals surface area contributed by atoms with E-state index in [1.54, 1.807) is 13.8 Å². The second-order valence-corrected chi connectivity index (χ2v) is 3.23. The van der Waals surface area contributed by atoms with Crippen molar-refractivity contribution in [2.75, 3.05) is 13.2 Å². The summed E-state index contributed by atoms with van der Waals surface area (Å²) in [6.45, 7) is 4.40. The van der Waals surface area contributed by atoms with E-state index >= 15 is 0 Å². The molecule has 0 amide bonds. The third kappa shape index (κ3) is 3.79. The van der Waals surface area contributed by atoms with Gasteiger partial charge in [-0.05, 0) is 13.8 Å². The smallest absolute Gasteiger partial charge is 0.328 e. The van der Waals surface area contributed by atoms with E-state index in [-0.39, 0.29) is 6.54 Å². The number of hydrogen-bond donors (Lipinski definition) is 1. The van der Waals surface area contributed by atoms with E-state index in [2.05, 4.69) is 0 Å². The summed E-state index contributed by atoms with van der Waals surface area (Å²) >= 11 is 0. The number of aromatic nitrogens is 2. The second kappa shape index (κ2) is 6.31. The monoisotopic (exact) mass is 246 g/mol. The van der Waals surface area contributed by atoms with E-state index in [9.17, 15) is 14.0 Å². The molecule has 7 heteroatoms. The van der Waals surface area contributed by atoms with E-state index in [0.717, 1.165) is 10.8 Å². The molecule has 1 N–H and O–H groups in total. The quantitative estimate of drug-likeness (QED) is 0.721. The Morgan fingerprint density at radius 3 is 2.47 bits per heavy atom. The van der Waals surface area contributed by atoms with Gasteiger partial charge in [0, 0.05) is 13.2 Å². The van der Waals surface area contributed by atoms with Crippen LogP contribution >= 0.6 is 0 Å². The first-order valence-corrected chi connectivity index (χ1v) is 5.31. The number of ether oxygens (including phenoxy) is 2. The third-order valence-corrected chi connectivity index (χ3v) is 2.02. The molecule has 0 atom stereocenters. The van der Waals surface area contributed by atoms with Crippen molar-refractivity contribution in [3.63, 3.8) is 0 Å². The van der Waals surface area contributed by atoms with Gasteiger partial charge >= 0.3 is 5.69 Å². The Labute approximate surface area is 97.0 Å². The minimum atomic E-state index is -1.03. The Hall–Kier alpha value is -1.47. The maximum atomic E-state index is 13.0. The predicted molar refractivity (Wildman–Crippen MR) is 58.3 cm³/mol. The molecule has 1 rings (SSSR count). The molecule has 0 unspecified atom stereocenters. The maximum Gasteiger partial charge on any atom is 0.328 e.